The summed E-state index contributed by atoms with van der Waals surface area (Å²) in [6.45, 7) is 1.50. The predicted octanol–water partition coefficient (Wildman–Crippen LogP) is -0.848. The summed E-state index contributed by atoms with van der Waals surface area (Å²) < 4.78 is 1.30. The number of hydrogen-bond donors (Lipinski definition) is 1. The highest BCUT2D eigenvalue weighted by atomic mass is 16.6. The van der Waals surface area contributed by atoms with Gasteiger partial charge in [0, 0.05) is 5.39 Å². The molecule has 2 aromatic rings. The zero-order chi connectivity index (χ0) is 14.2. The van der Waals surface area contributed by atoms with E-state index in [9.17, 15) is 19.8 Å². The molecule has 0 spiro atoms. The lowest BCUT2D eigenvalue weighted by atomic mass is 10.0. The maximum atomic E-state index is 12.2. The van der Waals surface area contributed by atoms with Crippen LogP contribution in [0.15, 0.2) is 29.1 Å². The van der Waals surface area contributed by atoms with Crippen LogP contribution >= 0.6 is 0 Å². The molecular weight excluding hydrogens is 250 g/mol. The molecule has 0 radical (unpaired) electrons. The molecule has 0 aliphatic heterocycles. The van der Waals surface area contributed by atoms with E-state index in [1.807, 2.05) is 0 Å². The van der Waals surface area contributed by atoms with Crippen molar-refractivity contribution in [3.05, 3.63) is 45.7 Å². The third-order valence-electron chi connectivity index (χ3n) is 2.99. The van der Waals surface area contributed by atoms with E-state index < -0.39 is 17.5 Å². The molecule has 19 heavy (non-hydrogen) atoms. The number of fused-ring (bicyclic) bond motifs is 1. The Morgan fingerprint density at radius 3 is 2.63 bits per heavy atom. The second-order valence-electron chi connectivity index (χ2n) is 4.04. The molecule has 2 rings (SSSR count). The Kier molecular flexibility index (Phi) is 3.26. The van der Waals surface area contributed by atoms with Crippen LogP contribution in [0.3, 0.4) is 0 Å². The molecule has 0 amide bonds. The minimum atomic E-state index is -1.99. The Bertz CT molecular complexity index is 704. The zero-order valence-corrected chi connectivity index (χ0v) is 10.4. The van der Waals surface area contributed by atoms with Crippen LogP contribution in [0.1, 0.15) is 17.4 Å². The fourth-order valence-electron chi connectivity index (χ4n) is 2.12. The first-order valence-corrected chi connectivity index (χ1v) is 5.56. The summed E-state index contributed by atoms with van der Waals surface area (Å²) in [5.41, 5.74) is -0.0663. The van der Waals surface area contributed by atoms with Gasteiger partial charge >= 0.3 is 0 Å². The fraction of sp³-hybridized carbons (Fsp3) is 0.231. The lowest BCUT2D eigenvalue weighted by Crippen LogP contribution is -2.34. The van der Waals surface area contributed by atoms with Crippen molar-refractivity contribution in [3.63, 3.8) is 0 Å². The minimum Gasteiger partial charge on any atom is -0.547 e. The van der Waals surface area contributed by atoms with Crippen LogP contribution in [0.5, 0.6) is 0 Å². The van der Waals surface area contributed by atoms with Crippen molar-refractivity contribution in [2.24, 2.45) is 0 Å². The number of benzene rings is 1. The summed E-state index contributed by atoms with van der Waals surface area (Å²) in [4.78, 5) is 28.2. The van der Waals surface area contributed by atoms with Crippen LogP contribution in [0, 0.1) is 6.92 Å². The molecule has 0 aliphatic carbocycles. The summed E-state index contributed by atoms with van der Waals surface area (Å²) in [6.07, 6.45) is -1.99. The molecule has 0 aliphatic rings. The van der Waals surface area contributed by atoms with Crippen molar-refractivity contribution < 1.29 is 19.8 Å². The highest BCUT2D eigenvalue weighted by Gasteiger charge is 2.21. The molecule has 0 saturated heterocycles. The Hall–Kier alpha value is -2.34. The number of carboxylic acids is 1. The Labute approximate surface area is 108 Å². The smallest absolute Gasteiger partial charge is 0.196 e. The summed E-state index contributed by atoms with van der Waals surface area (Å²) >= 11 is 0. The molecule has 1 atom stereocenters. The van der Waals surface area contributed by atoms with Crippen LogP contribution in [0.2, 0.25) is 0 Å². The topological polar surface area (TPSA) is 91.6 Å². The number of aromatic nitrogens is 1. The standard InChI is InChI=1S/C13H13NO5/c1-7-10(12(16)13(17)18)11(15)8-5-3-4-6-9(8)14(7)19-2/h3-6,12,16H,1-2H3,(H,17,18)/p-1. The molecule has 0 bridgehead atoms. The third-order valence-corrected chi connectivity index (χ3v) is 2.99. The largest absolute Gasteiger partial charge is 0.547 e. The number of aliphatic hydroxyl groups is 1. The SMILES string of the molecule is COn1c(C)c(C(O)C(=O)[O-])c(=O)c2ccccc21. The number of nitrogens with zero attached hydrogens (tertiary/aromatic N) is 1. The van der Waals surface area contributed by atoms with E-state index in [-0.39, 0.29) is 16.6 Å². The number of carboxylic acid groups (broad SMARTS) is 1. The van der Waals surface area contributed by atoms with Gasteiger partial charge in [0.1, 0.15) is 13.2 Å². The normalized spacial score (nSPS) is 12.4. The number of carbonyl (C=O) groups excluding carboxylic acids is 1. The van der Waals surface area contributed by atoms with Gasteiger partial charge in [-0.05, 0) is 19.1 Å². The van der Waals surface area contributed by atoms with Gasteiger partial charge in [-0.3, -0.25) is 4.79 Å². The predicted molar refractivity (Wildman–Crippen MR) is 65.4 cm³/mol. The van der Waals surface area contributed by atoms with Gasteiger partial charge in [-0.1, -0.05) is 12.1 Å². The van der Waals surface area contributed by atoms with Crippen molar-refractivity contribution in [1.29, 1.82) is 0 Å². The highest BCUT2D eigenvalue weighted by Crippen LogP contribution is 2.19. The maximum Gasteiger partial charge on any atom is 0.196 e. The number of aliphatic carboxylic acids is 1. The first-order valence-electron chi connectivity index (χ1n) is 5.56. The molecule has 6 nitrogen and oxygen atoms in total. The van der Waals surface area contributed by atoms with Gasteiger partial charge in [0.25, 0.3) is 0 Å². The second-order valence-corrected chi connectivity index (χ2v) is 4.04. The molecule has 0 fully saturated rings. The van der Waals surface area contributed by atoms with Gasteiger partial charge in [0.15, 0.2) is 5.43 Å². The Morgan fingerprint density at radius 2 is 2.05 bits per heavy atom. The molecule has 1 N–H and O–H groups in total. The number of pyridine rings is 1. The quantitative estimate of drug-likeness (QED) is 0.778. The van der Waals surface area contributed by atoms with E-state index in [1.165, 1.54) is 24.8 Å². The zero-order valence-electron chi connectivity index (χ0n) is 10.4. The van der Waals surface area contributed by atoms with Crippen molar-refractivity contribution in [2.75, 3.05) is 7.11 Å². The molecule has 100 valence electrons. The average Bonchev–Trinajstić information content (AvgIpc) is 2.39. The number of aliphatic hydroxyl groups excluding tert-OH is 1. The van der Waals surface area contributed by atoms with Crippen LogP contribution in [-0.2, 0) is 4.79 Å². The van der Waals surface area contributed by atoms with E-state index in [4.69, 9.17) is 4.84 Å². The van der Waals surface area contributed by atoms with Gasteiger partial charge in [-0.2, -0.15) is 4.73 Å². The lowest BCUT2D eigenvalue weighted by Gasteiger charge is -2.19. The molecule has 1 aromatic heterocycles. The van der Waals surface area contributed by atoms with Crippen molar-refractivity contribution in [2.45, 2.75) is 13.0 Å². The van der Waals surface area contributed by atoms with Gasteiger partial charge < -0.3 is 19.8 Å². The number of rotatable bonds is 3. The van der Waals surface area contributed by atoms with Crippen molar-refractivity contribution in [3.8, 4) is 0 Å². The van der Waals surface area contributed by atoms with Crippen LogP contribution in [0.25, 0.3) is 10.9 Å². The summed E-state index contributed by atoms with van der Waals surface area (Å²) in [5.74, 6) is -1.72. The van der Waals surface area contributed by atoms with Crippen molar-refractivity contribution >= 4 is 16.9 Å². The molecule has 6 heteroatoms. The molecule has 1 unspecified atom stereocenters. The lowest BCUT2D eigenvalue weighted by molar-refractivity contribution is -0.315. The average molecular weight is 262 g/mol. The van der Waals surface area contributed by atoms with E-state index in [0.717, 1.165) is 0 Å². The number of hydrogen-bond acceptors (Lipinski definition) is 5. The first-order chi connectivity index (χ1) is 8.99. The maximum absolute atomic E-state index is 12.2. The fourth-order valence-corrected chi connectivity index (χ4v) is 2.12. The van der Waals surface area contributed by atoms with Crippen LogP contribution in [0.4, 0.5) is 0 Å². The number of carbonyl (C=O) groups is 1. The van der Waals surface area contributed by atoms with E-state index >= 15 is 0 Å². The van der Waals surface area contributed by atoms with Gasteiger partial charge in [-0.25, -0.2) is 0 Å². The van der Waals surface area contributed by atoms with Gasteiger partial charge in [-0.15, -0.1) is 0 Å². The molecule has 1 heterocycles. The monoisotopic (exact) mass is 262 g/mol. The van der Waals surface area contributed by atoms with E-state index in [0.29, 0.717) is 5.52 Å². The minimum absolute atomic E-state index is 0.225. The Morgan fingerprint density at radius 1 is 1.42 bits per heavy atom. The van der Waals surface area contributed by atoms with Crippen LogP contribution in [-0.4, -0.2) is 22.9 Å². The van der Waals surface area contributed by atoms with Crippen LogP contribution < -0.4 is 15.4 Å². The van der Waals surface area contributed by atoms with Gasteiger partial charge in [0.2, 0.25) is 0 Å². The van der Waals surface area contributed by atoms with Crippen molar-refractivity contribution in [1.82, 2.24) is 4.73 Å². The highest BCUT2D eigenvalue weighted by molar-refractivity contribution is 5.82. The Balaban J connectivity index is 2.93. The second kappa shape index (κ2) is 4.74. The molecule has 0 saturated carbocycles. The summed E-state index contributed by atoms with van der Waals surface area (Å²) in [5, 5.41) is 20.7. The number of para-hydroxylation sites is 1. The molecule has 1 aromatic carbocycles. The summed E-state index contributed by atoms with van der Waals surface area (Å²) in [7, 11) is 1.39. The summed E-state index contributed by atoms with van der Waals surface area (Å²) in [6, 6.07) is 6.58. The third kappa shape index (κ3) is 1.96. The van der Waals surface area contributed by atoms with Gasteiger partial charge in [0.05, 0.1) is 22.7 Å². The van der Waals surface area contributed by atoms with E-state index in [1.54, 1.807) is 18.2 Å². The molecular formula is C13H12NO5-. The van der Waals surface area contributed by atoms with E-state index in [2.05, 4.69) is 0 Å². The first kappa shape index (κ1) is 13.1.